The third-order valence-electron chi connectivity index (χ3n) is 5.02. The second-order valence-corrected chi connectivity index (χ2v) is 8.77. The first-order valence-corrected chi connectivity index (χ1v) is 10.4. The molecular weight excluding hydrogens is 390 g/mol. The zero-order valence-corrected chi connectivity index (χ0v) is 17.6. The van der Waals surface area contributed by atoms with Gasteiger partial charge in [0.05, 0.1) is 0 Å². The summed E-state index contributed by atoms with van der Waals surface area (Å²) in [7, 11) is 0. The van der Waals surface area contributed by atoms with Crippen molar-refractivity contribution >= 4 is 21.7 Å². The van der Waals surface area contributed by atoms with Crippen molar-refractivity contribution in [1.82, 2.24) is 14.8 Å². The maximum atomic E-state index is 12.5. The van der Waals surface area contributed by atoms with Gasteiger partial charge in [0, 0.05) is 36.2 Å². The summed E-state index contributed by atoms with van der Waals surface area (Å²) in [6.45, 7) is 6.53. The molecule has 5 heteroatoms. The van der Waals surface area contributed by atoms with E-state index in [0.717, 1.165) is 34.5 Å². The Labute approximate surface area is 164 Å². The number of hydrogen-bond acceptors (Lipinski definition) is 3. The average molecular weight is 418 g/mol. The number of nitrogens with zero attached hydrogens (tertiary/aromatic N) is 3. The Bertz CT molecular complexity index is 778. The number of halogens is 1. The number of Topliss-reactive ketones (excluding diaryl/α,β-unsaturated/α-hetero) is 1. The number of benzene rings is 1. The number of carbonyl (C=O) groups excluding carboxylic acids is 1. The molecule has 140 valence electrons. The van der Waals surface area contributed by atoms with E-state index in [2.05, 4.69) is 57.5 Å². The topological polar surface area (TPSA) is 47.8 Å². The highest BCUT2D eigenvalue weighted by molar-refractivity contribution is 9.10. The van der Waals surface area contributed by atoms with Crippen molar-refractivity contribution in [2.45, 2.75) is 71.8 Å². The van der Waals surface area contributed by atoms with Gasteiger partial charge in [-0.05, 0) is 55.4 Å². The molecule has 0 amide bonds. The van der Waals surface area contributed by atoms with Crippen LogP contribution in [-0.2, 0) is 24.1 Å². The highest BCUT2D eigenvalue weighted by Gasteiger charge is 2.29. The van der Waals surface area contributed by atoms with Gasteiger partial charge in [-0.25, -0.2) is 0 Å². The predicted octanol–water partition coefficient (Wildman–Crippen LogP) is 5.02. The minimum absolute atomic E-state index is 0.264. The van der Waals surface area contributed by atoms with Crippen LogP contribution in [0.15, 0.2) is 22.7 Å². The molecule has 1 aliphatic carbocycles. The molecule has 1 fully saturated rings. The van der Waals surface area contributed by atoms with E-state index in [1.165, 1.54) is 18.4 Å². The largest absolute Gasteiger partial charge is 0.312 e. The number of carbonyl (C=O) groups is 1. The van der Waals surface area contributed by atoms with E-state index in [-0.39, 0.29) is 5.78 Å². The highest BCUT2D eigenvalue weighted by atomic mass is 79.9. The number of ketones is 1. The summed E-state index contributed by atoms with van der Waals surface area (Å²) in [5, 5.41) is 8.85. The molecule has 1 aliphatic rings. The monoisotopic (exact) mass is 417 g/mol. The summed E-state index contributed by atoms with van der Waals surface area (Å²) < 4.78 is 3.34. The van der Waals surface area contributed by atoms with E-state index in [4.69, 9.17) is 0 Å². The molecule has 0 unspecified atom stereocenters. The SMILES string of the molecule is Cc1ccc(Br)cc1CC(=O)CCc1nnc(CCC(C)C)n1C1CC1. The fourth-order valence-electron chi connectivity index (χ4n) is 3.26. The second-order valence-electron chi connectivity index (χ2n) is 7.85. The van der Waals surface area contributed by atoms with E-state index in [1.54, 1.807) is 0 Å². The first-order chi connectivity index (χ1) is 12.4. The Balaban J connectivity index is 1.62. The van der Waals surface area contributed by atoms with Crippen molar-refractivity contribution in [1.29, 1.82) is 0 Å². The van der Waals surface area contributed by atoms with Crippen molar-refractivity contribution in [3.63, 3.8) is 0 Å². The first-order valence-electron chi connectivity index (χ1n) is 9.63. The molecule has 1 saturated carbocycles. The summed E-state index contributed by atoms with van der Waals surface area (Å²) in [5.41, 5.74) is 2.27. The molecule has 0 aliphatic heterocycles. The Morgan fingerprint density at radius 3 is 2.58 bits per heavy atom. The van der Waals surface area contributed by atoms with E-state index >= 15 is 0 Å². The van der Waals surface area contributed by atoms with Crippen LogP contribution in [0.1, 0.15) is 68.3 Å². The lowest BCUT2D eigenvalue weighted by Crippen LogP contribution is -2.11. The maximum Gasteiger partial charge on any atom is 0.137 e. The molecule has 0 N–H and O–H groups in total. The van der Waals surface area contributed by atoms with Crippen LogP contribution in [0.3, 0.4) is 0 Å². The second kappa shape index (κ2) is 8.47. The number of aryl methyl sites for hydroxylation is 3. The third-order valence-corrected chi connectivity index (χ3v) is 5.51. The van der Waals surface area contributed by atoms with Crippen molar-refractivity contribution in [2.75, 3.05) is 0 Å². The lowest BCUT2D eigenvalue weighted by atomic mass is 10.0. The summed E-state index contributed by atoms with van der Waals surface area (Å²) in [6, 6.07) is 6.67. The fourth-order valence-corrected chi connectivity index (χ4v) is 3.66. The maximum absolute atomic E-state index is 12.5. The minimum atomic E-state index is 0.264. The third kappa shape index (κ3) is 5.03. The molecule has 0 atom stereocenters. The molecule has 1 heterocycles. The van der Waals surface area contributed by atoms with Gasteiger partial charge in [-0.15, -0.1) is 10.2 Å². The van der Waals surface area contributed by atoms with Gasteiger partial charge in [0.25, 0.3) is 0 Å². The lowest BCUT2D eigenvalue weighted by molar-refractivity contribution is -0.118. The summed E-state index contributed by atoms with van der Waals surface area (Å²) in [6.07, 6.45) is 6.25. The minimum Gasteiger partial charge on any atom is -0.312 e. The normalized spacial score (nSPS) is 14.2. The van der Waals surface area contributed by atoms with Gasteiger partial charge < -0.3 is 4.57 Å². The summed E-state index contributed by atoms with van der Waals surface area (Å²) in [5.74, 6) is 3.02. The van der Waals surface area contributed by atoms with Gasteiger partial charge in [0.2, 0.25) is 0 Å². The molecule has 0 radical (unpaired) electrons. The van der Waals surface area contributed by atoms with E-state index in [9.17, 15) is 4.79 Å². The molecule has 3 rings (SSSR count). The highest BCUT2D eigenvalue weighted by Crippen LogP contribution is 2.37. The average Bonchev–Trinajstić information content (AvgIpc) is 3.34. The Hall–Kier alpha value is -1.49. The van der Waals surface area contributed by atoms with E-state index < -0.39 is 0 Å². The van der Waals surface area contributed by atoms with Crippen LogP contribution in [0.5, 0.6) is 0 Å². The molecule has 0 bridgehead atoms. The van der Waals surface area contributed by atoms with Crippen LogP contribution >= 0.6 is 15.9 Å². The van der Waals surface area contributed by atoms with Gasteiger partial charge in [0.1, 0.15) is 17.4 Å². The van der Waals surface area contributed by atoms with Crippen LogP contribution in [0, 0.1) is 12.8 Å². The summed E-state index contributed by atoms with van der Waals surface area (Å²) >= 11 is 3.49. The van der Waals surface area contributed by atoms with Crippen molar-refractivity contribution in [3.8, 4) is 0 Å². The van der Waals surface area contributed by atoms with Gasteiger partial charge in [-0.3, -0.25) is 4.79 Å². The quantitative estimate of drug-likeness (QED) is 0.575. The number of rotatable bonds is 9. The standard InChI is InChI=1S/C21H28BrN3O/c1-14(2)4-10-20-23-24-21(25(20)18-7-8-18)11-9-19(26)13-16-12-17(22)6-5-15(16)3/h5-6,12,14,18H,4,7-11,13H2,1-3H3. The zero-order chi connectivity index (χ0) is 18.7. The molecule has 26 heavy (non-hydrogen) atoms. The van der Waals surface area contributed by atoms with Gasteiger partial charge >= 0.3 is 0 Å². The van der Waals surface area contributed by atoms with Crippen molar-refractivity contribution in [3.05, 3.63) is 45.4 Å². The molecule has 4 nitrogen and oxygen atoms in total. The van der Waals surface area contributed by atoms with Crippen LogP contribution in [0.25, 0.3) is 0 Å². The Morgan fingerprint density at radius 2 is 1.92 bits per heavy atom. The molecule has 1 aromatic carbocycles. The van der Waals surface area contributed by atoms with Crippen molar-refractivity contribution < 1.29 is 4.79 Å². The van der Waals surface area contributed by atoms with E-state index in [1.807, 2.05) is 12.1 Å². The molecular formula is C21H28BrN3O. The number of aromatic nitrogens is 3. The van der Waals surface area contributed by atoms with Gasteiger partial charge in [-0.1, -0.05) is 35.8 Å². The Kier molecular flexibility index (Phi) is 6.28. The van der Waals surface area contributed by atoms with Gasteiger partial charge in [0.15, 0.2) is 0 Å². The summed E-state index contributed by atoms with van der Waals surface area (Å²) in [4.78, 5) is 12.5. The first kappa shape index (κ1) is 19.3. The van der Waals surface area contributed by atoms with Crippen LogP contribution in [-0.4, -0.2) is 20.5 Å². The molecule has 1 aromatic heterocycles. The van der Waals surface area contributed by atoms with Crippen LogP contribution < -0.4 is 0 Å². The zero-order valence-electron chi connectivity index (χ0n) is 16.0. The smallest absolute Gasteiger partial charge is 0.137 e. The Morgan fingerprint density at radius 1 is 1.23 bits per heavy atom. The predicted molar refractivity (Wildman–Crippen MR) is 107 cm³/mol. The molecule has 2 aromatic rings. The lowest BCUT2D eigenvalue weighted by Gasteiger charge is -2.10. The number of hydrogen-bond donors (Lipinski definition) is 0. The molecule has 0 spiro atoms. The van der Waals surface area contributed by atoms with Gasteiger partial charge in [-0.2, -0.15) is 0 Å². The van der Waals surface area contributed by atoms with Crippen LogP contribution in [0.2, 0.25) is 0 Å². The van der Waals surface area contributed by atoms with Crippen LogP contribution in [0.4, 0.5) is 0 Å². The van der Waals surface area contributed by atoms with E-state index in [0.29, 0.717) is 31.2 Å². The van der Waals surface area contributed by atoms with Crippen molar-refractivity contribution in [2.24, 2.45) is 5.92 Å². The fraction of sp³-hybridized carbons (Fsp3) is 0.571. The molecule has 0 saturated heterocycles.